The molecule has 0 bridgehead atoms. The van der Waals surface area contributed by atoms with Crippen molar-refractivity contribution < 1.29 is 48.6 Å². The van der Waals surface area contributed by atoms with Crippen LogP contribution in [-0.4, -0.2) is 22.3 Å². The Kier molecular flexibility index (Phi) is 14.7. The van der Waals surface area contributed by atoms with Gasteiger partial charge in [0, 0.05) is 33.6 Å². The van der Waals surface area contributed by atoms with E-state index in [1.165, 1.54) is 6.92 Å². The van der Waals surface area contributed by atoms with Gasteiger partial charge in [-0.05, 0) is 6.92 Å². The minimum absolute atomic E-state index is 0. The Balaban J connectivity index is -0.000000125. The first-order valence-corrected chi connectivity index (χ1v) is 1.55. The van der Waals surface area contributed by atoms with E-state index in [1.54, 1.807) is 0 Å². The maximum absolute atomic E-state index is 9.45. The zero-order valence-corrected chi connectivity index (χ0v) is 6.13. The van der Waals surface area contributed by atoms with Crippen molar-refractivity contribution in [2.24, 2.45) is 0 Å². The van der Waals surface area contributed by atoms with Crippen molar-refractivity contribution in [3.8, 4) is 0 Å². The normalized spacial score (nSPS) is 10.2. The van der Waals surface area contributed by atoms with Crippen LogP contribution in [0.25, 0.3) is 0 Å². The topological polar surface area (TPSA) is 57.5 Å². The third-order valence-corrected chi connectivity index (χ3v) is 0.357. The molecule has 54 valence electrons. The van der Waals surface area contributed by atoms with Crippen molar-refractivity contribution in [2.75, 3.05) is 0 Å². The molecule has 0 saturated carbocycles. The fourth-order valence-electron chi connectivity index (χ4n) is 0. The van der Waals surface area contributed by atoms with E-state index in [4.69, 9.17) is 10.2 Å². The maximum Gasteiger partial charge on any atom is 0.332 e. The quantitative estimate of drug-likeness (QED) is 0.607. The molecule has 1 atom stereocenters. The van der Waals surface area contributed by atoms with Crippen LogP contribution in [0, 0.1) is 0 Å². The van der Waals surface area contributed by atoms with E-state index in [9.17, 15) is 4.79 Å². The predicted molar refractivity (Wildman–Crippen MR) is 19.3 cm³/mol. The van der Waals surface area contributed by atoms with Gasteiger partial charge < -0.3 is 10.2 Å². The number of hydrogen-bond donors (Lipinski definition) is 2. The standard InChI is InChI=1S/C3H6O3.2Co/c1-2(4)3(5)6;;/h2,4H,1H3,(H,5,6);;. The third kappa shape index (κ3) is 9.67. The van der Waals surface area contributed by atoms with Crippen LogP contribution in [0.4, 0.5) is 0 Å². The number of rotatable bonds is 1. The Morgan fingerprint density at radius 2 is 1.62 bits per heavy atom. The molecule has 0 aromatic rings. The van der Waals surface area contributed by atoms with Gasteiger partial charge in [0.05, 0.1) is 0 Å². The van der Waals surface area contributed by atoms with Gasteiger partial charge in [0.2, 0.25) is 0 Å². The SMILES string of the molecule is CC(O)C(=O)O.[Co].[Co]. The molecular formula is C3H6Co2O3. The van der Waals surface area contributed by atoms with Crippen LogP contribution in [0.15, 0.2) is 0 Å². The smallest absolute Gasteiger partial charge is 0.332 e. The van der Waals surface area contributed by atoms with Crippen molar-refractivity contribution in [1.29, 1.82) is 0 Å². The molecule has 5 heteroatoms. The second-order valence-corrected chi connectivity index (χ2v) is 1.01. The second kappa shape index (κ2) is 7.44. The van der Waals surface area contributed by atoms with Crippen molar-refractivity contribution in [2.45, 2.75) is 13.0 Å². The molecule has 0 aromatic heterocycles. The molecule has 0 aliphatic rings. The van der Waals surface area contributed by atoms with Gasteiger partial charge in [0.25, 0.3) is 0 Å². The number of aliphatic hydroxyl groups excluding tert-OH is 1. The van der Waals surface area contributed by atoms with Crippen molar-refractivity contribution >= 4 is 5.97 Å². The average molecular weight is 208 g/mol. The molecule has 0 rings (SSSR count). The van der Waals surface area contributed by atoms with E-state index in [-0.39, 0.29) is 33.6 Å². The van der Waals surface area contributed by atoms with Gasteiger partial charge in [0.15, 0.2) is 0 Å². The Bertz CT molecular complexity index is 63.5. The number of carboxylic acid groups (broad SMARTS) is 1. The van der Waals surface area contributed by atoms with Gasteiger partial charge in [-0.15, -0.1) is 0 Å². The third-order valence-electron chi connectivity index (χ3n) is 0.357. The van der Waals surface area contributed by atoms with Crippen LogP contribution >= 0.6 is 0 Å². The molecule has 0 saturated heterocycles. The number of aliphatic carboxylic acids is 1. The molecule has 0 aliphatic carbocycles. The molecule has 0 aliphatic heterocycles. The van der Waals surface area contributed by atoms with Gasteiger partial charge >= 0.3 is 5.97 Å². The van der Waals surface area contributed by atoms with Crippen LogP contribution < -0.4 is 0 Å². The Hall–Kier alpha value is 0.443. The van der Waals surface area contributed by atoms with Gasteiger partial charge in [-0.1, -0.05) is 0 Å². The van der Waals surface area contributed by atoms with Crippen molar-refractivity contribution in [3.05, 3.63) is 0 Å². The minimum atomic E-state index is -1.23. The number of aliphatic hydroxyl groups is 1. The number of carbonyl (C=O) groups is 1. The van der Waals surface area contributed by atoms with Crippen molar-refractivity contribution in [1.82, 2.24) is 0 Å². The largest absolute Gasteiger partial charge is 0.479 e. The summed E-state index contributed by atoms with van der Waals surface area (Å²) in [5.41, 5.74) is 0. The van der Waals surface area contributed by atoms with Crippen LogP contribution in [0.2, 0.25) is 0 Å². The maximum atomic E-state index is 9.45. The van der Waals surface area contributed by atoms with E-state index in [2.05, 4.69) is 0 Å². The molecule has 2 radical (unpaired) electrons. The fourth-order valence-corrected chi connectivity index (χ4v) is 0. The van der Waals surface area contributed by atoms with Crippen LogP contribution in [-0.2, 0) is 38.4 Å². The molecule has 0 amide bonds. The van der Waals surface area contributed by atoms with Gasteiger partial charge in [-0.25, -0.2) is 4.79 Å². The molecule has 0 aromatic carbocycles. The summed E-state index contributed by atoms with van der Waals surface area (Å²) in [6.07, 6.45) is -1.23. The zero-order chi connectivity index (χ0) is 5.15. The fraction of sp³-hybridized carbons (Fsp3) is 0.667. The Morgan fingerprint density at radius 3 is 1.62 bits per heavy atom. The summed E-state index contributed by atoms with van der Waals surface area (Å²) >= 11 is 0. The first-order valence-electron chi connectivity index (χ1n) is 1.55. The summed E-state index contributed by atoms with van der Waals surface area (Å²) in [5, 5.41) is 15.8. The van der Waals surface area contributed by atoms with Gasteiger partial charge in [-0.2, -0.15) is 0 Å². The van der Waals surface area contributed by atoms with E-state index < -0.39 is 12.1 Å². The van der Waals surface area contributed by atoms with E-state index in [0.29, 0.717) is 0 Å². The summed E-state index contributed by atoms with van der Waals surface area (Å²) in [5.74, 6) is -1.19. The van der Waals surface area contributed by atoms with Crippen molar-refractivity contribution in [3.63, 3.8) is 0 Å². The molecule has 2 N–H and O–H groups in total. The Morgan fingerprint density at radius 1 is 1.50 bits per heavy atom. The first kappa shape index (κ1) is 15.8. The molecule has 1 unspecified atom stereocenters. The molecule has 0 fully saturated rings. The van der Waals surface area contributed by atoms with E-state index in [0.717, 1.165) is 0 Å². The summed E-state index contributed by atoms with van der Waals surface area (Å²) < 4.78 is 0. The van der Waals surface area contributed by atoms with Gasteiger partial charge in [0.1, 0.15) is 6.10 Å². The predicted octanol–water partition coefficient (Wildman–Crippen LogP) is -0.553. The van der Waals surface area contributed by atoms with E-state index in [1.807, 2.05) is 0 Å². The average Bonchev–Trinajstić information content (AvgIpc) is 1.36. The molecular weight excluding hydrogens is 202 g/mol. The van der Waals surface area contributed by atoms with Gasteiger partial charge in [-0.3, -0.25) is 0 Å². The number of hydrogen-bond acceptors (Lipinski definition) is 2. The van der Waals surface area contributed by atoms with Crippen LogP contribution in [0.1, 0.15) is 6.92 Å². The minimum Gasteiger partial charge on any atom is -0.479 e. The van der Waals surface area contributed by atoms with E-state index >= 15 is 0 Å². The number of carboxylic acids is 1. The summed E-state index contributed by atoms with van der Waals surface area (Å²) in [6, 6.07) is 0. The molecule has 0 spiro atoms. The Labute approximate surface area is 67.9 Å². The first-order chi connectivity index (χ1) is 2.64. The second-order valence-electron chi connectivity index (χ2n) is 1.01. The molecule has 8 heavy (non-hydrogen) atoms. The molecule has 3 nitrogen and oxygen atoms in total. The molecule has 0 heterocycles. The summed E-state index contributed by atoms with van der Waals surface area (Å²) in [4.78, 5) is 9.45. The monoisotopic (exact) mass is 208 g/mol. The van der Waals surface area contributed by atoms with Crippen LogP contribution in [0.5, 0.6) is 0 Å². The van der Waals surface area contributed by atoms with Crippen LogP contribution in [0.3, 0.4) is 0 Å². The zero-order valence-electron chi connectivity index (χ0n) is 4.05. The summed E-state index contributed by atoms with van der Waals surface area (Å²) in [6.45, 7) is 1.20. The summed E-state index contributed by atoms with van der Waals surface area (Å²) in [7, 11) is 0.